The van der Waals surface area contributed by atoms with Crippen molar-refractivity contribution in [2.45, 2.75) is 44.7 Å². The maximum absolute atomic E-state index is 11.8. The minimum atomic E-state index is 0.0366. The highest BCUT2D eigenvalue weighted by atomic mass is 16.2. The van der Waals surface area contributed by atoms with Gasteiger partial charge in [0, 0.05) is 26.7 Å². The molecule has 0 radical (unpaired) electrons. The number of carbonyl (C=O) groups excluding carboxylic acids is 1. The van der Waals surface area contributed by atoms with Gasteiger partial charge >= 0.3 is 0 Å². The molecule has 0 aromatic rings. The van der Waals surface area contributed by atoms with Crippen LogP contribution in [-0.2, 0) is 4.79 Å². The van der Waals surface area contributed by atoms with Crippen molar-refractivity contribution >= 4 is 5.91 Å². The molecule has 0 saturated carbocycles. The van der Waals surface area contributed by atoms with Crippen LogP contribution in [0.4, 0.5) is 0 Å². The van der Waals surface area contributed by atoms with E-state index in [2.05, 4.69) is 24.2 Å². The molecule has 1 N–H and O–H groups in total. The number of hydrogen-bond donors (Lipinski definition) is 1. The number of likely N-dealkylation sites (N-methyl/N-ethyl adjacent to an activating group) is 2. The topological polar surface area (TPSA) is 35.6 Å². The van der Waals surface area contributed by atoms with E-state index in [1.165, 1.54) is 12.8 Å². The van der Waals surface area contributed by atoms with Crippen molar-refractivity contribution in [2.24, 2.45) is 0 Å². The lowest BCUT2D eigenvalue weighted by atomic mass is 10.1. The molecule has 0 aromatic heterocycles. The molecule has 17 heavy (non-hydrogen) atoms. The fraction of sp³-hybridized carbons (Fsp3) is 0.923. The molecule has 0 aliphatic carbocycles. The summed E-state index contributed by atoms with van der Waals surface area (Å²) in [5.74, 6) is 0.212. The highest BCUT2D eigenvalue weighted by Gasteiger charge is 2.30. The van der Waals surface area contributed by atoms with Crippen molar-refractivity contribution in [3.8, 4) is 0 Å². The summed E-state index contributed by atoms with van der Waals surface area (Å²) in [5, 5.41) is 3.45. The van der Waals surface area contributed by atoms with Crippen molar-refractivity contribution in [1.29, 1.82) is 0 Å². The predicted octanol–water partition coefficient (Wildman–Crippen LogP) is 0.927. The van der Waals surface area contributed by atoms with E-state index in [4.69, 9.17) is 0 Å². The van der Waals surface area contributed by atoms with Crippen molar-refractivity contribution in [1.82, 2.24) is 15.1 Å². The van der Waals surface area contributed by atoms with Gasteiger partial charge in [0.25, 0.3) is 0 Å². The first-order chi connectivity index (χ1) is 8.04. The van der Waals surface area contributed by atoms with Gasteiger partial charge < -0.3 is 15.1 Å². The Morgan fingerprint density at radius 2 is 2.00 bits per heavy atom. The summed E-state index contributed by atoms with van der Waals surface area (Å²) in [6.45, 7) is 4.42. The van der Waals surface area contributed by atoms with Gasteiger partial charge in [-0.15, -0.1) is 0 Å². The second-order valence-electron chi connectivity index (χ2n) is 5.34. The first kappa shape index (κ1) is 14.5. The fourth-order valence-electron chi connectivity index (χ4n) is 2.37. The van der Waals surface area contributed by atoms with Crippen molar-refractivity contribution < 1.29 is 4.79 Å². The standard InChI is InChI=1S/C13H27N3O/c1-5-6-9-16(4)10-11-7-8-12(14-11)13(17)15(2)3/h11-12,14H,5-10H2,1-4H3. The average molecular weight is 241 g/mol. The molecule has 100 valence electrons. The van der Waals surface area contributed by atoms with E-state index < -0.39 is 0 Å². The molecule has 1 fully saturated rings. The third-order valence-corrected chi connectivity index (χ3v) is 3.41. The zero-order chi connectivity index (χ0) is 12.8. The minimum Gasteiger partial charge on any atom is -0.347 e. The first-order valence-corrected chi connectivity index (χ1v) is 6.70. The van der Waals surface area contributed by atoms with Crippen molar-refractivity contribution in [2.75, 3.05) is 34.2 Å². The molecule has 1 rings (SSSR count). The third-order valence-electron chi connectivity index (χ3n) is 3.41. The Kier molecular flexibility index (Phi) is 5.92. The summed E-state index contributed by atoms with van der Waals surface area (Å²) in [6, 6.07) is 0.514. The number of nitrogens with zero attached hydrogens (tertiary/aromatic N) is 2. The first-order valence-electron chi connectivity index (χ1n) is 6.70. The van der Waals surface area contributed by atoms with Gasteiger partial charge in [-0.25, -0.2) is 0 Å². The van der Waals surface area contributed by atoms with Crippen LogP contribution < -0.4 is 5.32 Å². The van der Waals surface area contributed by atoms with E-state index in [0.29, 0.717) is 6.04 Å². The average Bonchev–Trinajstić information content (AvgIpc) is 2.73. The van der Waals surface area contributed by atoms with Gasteiger partial charge in [0.15, 0.2) is 0 Å². The molecule has 0 spiro atoms. The number of amides is 1. The molecule has 4 heteroatoms. The number of hydrogen-bond acceptors (Lipinski definition) is 3. The predicted molar refractivity (Wildman–Crippen MR) is 71.0 cm³/mol. The summed E-state index contributed by atoms with van der Waals surface area (Å²) >= 11 is 0. The zero-order valence-electron chi connectivity index (χ0n) is 11.7. The Morgan fingerprint density at radius 3 is 2.59 bits per heavy atom. The largest absolute Gasteiger partial charge is 0.347 e. The maximum Gasteiger partial charge on any atom is 0.239 e. The Morgan fingerprint density at radius 1 is 1.29 bits per heavy atom. The Bertz CT molecular complexity index is 243. The highest BCUT2D eigenvalue weighted by Crippen LogP contribution is 2.14. The van der Waals surface area contributed by atoms with E-state index in [0.717, 1.165) is 25.9 Å². The second-order valence-corrected chi connectivity index (χ2v) is 5.34. The third kappa shape index (κ3) is 4.64. The summed E-state index contributed by atoms with van der Waals surface area (Å²) < 4.78 is 0. The molecule has 2 atom stereocenters. The second kappa shape index (κ2) is 6.97. The summed E-state index contributed by atoms with van der Waals surface area (Å²) in [5.41, 5.74) is 0. The van der Waals surface area contributed by atoms with Crippen LogP contribution in [0.25, 0.3) is 0 Å². The smallest absolute Gasteiger partial charge is 0.239 e. The lowest BCUT2D eigenvalue weighted by Crippen LogP contribution is -2.45. The van der Waals surface area contributed by atoms with Crippen LogP contribution in [0.1, 0.15) is 32.6 Å². The summed E-state index contributed by atoms with van der Waals surface area (Å²) in [4.78, 5) is 15.8. The van der Waals surface area contributed by atoms with Gasteiger partial charge in [0.1, 0.15) is 0 Å². The number of carbonyl (C=O) groups is 1. The Hall–Kier alpha value is -0.610. The SMILES string of the molecule is CCCCN(C)CC1CCC(C(=O)N(C)C)N1. The van der Waals surface area contributed by atoms with Crippen LogP contribution in [0.3, 0.4) is 0 Å². The van der Waals surface area contributed by atoms with E-state index in [1.807, 2.05) is 14.1 Å². The van der Waals surface area contributed by atoms with Crippen LogP contribution in [0.15, 0.2) is 0 Å². The normalized spacial score (nSPS) is 24.3. The minimum absolute atomic E-state index is 0.0366. The molecule has 2 unspecified atom stereocenters. The molecule has 1 heterocycles. The van der Waals surface area contributed by atoms with Gasteiger partial charge in [0.2, 0.25) is 5.91 Å². The molecule has 1 saturated heterocycles. The monoisotopic (exact) mass is 241 g/mol. The van der Waals surface area contributed by atoms with Gasteiger partial charge in [0.05, 0.1) is 6.04 Å². The van der Waals surface area contributed by atoms with Crippen LogP contribution in [-0.4, -0.2) is 62.0 Å². The quantitative estimate of drug-likeness (QED) is 0.751. The van der Waals surface area contributed by atoms with E-state index in [-0.39, 0.29) is 11.9 Å². The van der Waals surface area contributed by atoms with E-state index >= 15 is 0 Å². The fourth-order valence-corrected chi connectivity index (χ4v) is 2.37. The van der Waals surface area contributed by atoms with Crippen molar-refractivity contribution in [3.05, 3.63) is 0 Å². The van der Waals surface area contributed by atoms with Crippen LogP contribution in [0.5, 0.6) is 0 Å². The molecule has 1 aliphatic rings. The number of rotatable bonds is 6. The Balaban J connectivity index is 2.28. The molecule has 4 nitrogen and oxygen atoms in total. The lowest BCUT2D eigenvalue weighted by Gasteiger charge is -2.22. The summed E-state index contributed by atoms with van der Waals surface area (Å²) in [6.07, 6.45) is 4.58. The molecule has 0 bridgehead atoms. The molecular formula is C13H27N3O. The van der Waals surface area contributed by atoms with Crippen molar-refractivity contribution in [3.63, 3.8) is 0 Å². The lowest BCUT2D eigenvalue weighted by molar-refractivity contribution is -0.130. The zero-order valence-corrected chi connectivity index (χ0v) is 11.7. The van der Waals surface area contributed by atoms with Gasteiger partial charge in [-0.2, -0.15) is 0 Å². The molecular weight excluding hydrogens is 214 g/mol. The number of nitrogens with one attached hydrogen (secondary N) is 1. The maximum atomic E-state index is 11.8. The number of unbranched alkanes of at least 4 members (excludes halogenated alkanes) is 1. The Labute approximate surface area is 105 Å². The van der Waals surface area contributed by atoms with E-state index in [9.17, 15) is 4.79 Å². The van der Waals surface area contributed by atoms with Gasteiger partial charge in [-0.05, 0) is 32.9 Å². The van der Waals surface area contributed by atoms with Gasteiger partial charge in [-0.3, -0.25) is 4.79 Å². The molecule has 1 amide bonds. The molecule has 1 aliphatic heterocycles. The van der Waals surface area contributed by atoms with Crippen LogP contribution in [0, 0.1) is 0 Å². The van der Waals surface area contributed by atoms with Crippen LogP contribution in [0.2, 0.25) is 0 Å². The van der Waals surface area contributed by atoms with Gasteiger partial charge in [-0.1, -0.05) is 13.3 Å². The summed E-state index contributed by atoms with van der Waals surface area (Å²) in [7, 11) is 5.81. The highest BCUT2D eigenvalue weighted by molar-refractivity contribution is 5.81. The van der Waals surface area contributed by atoms with E-state index in [1.54, 1.807) is 4.90 Å². The van der Waals surface area contributed by atoms with Crippen LogP contribution >= 0.6 is 0 Å². The molecule has 0 aromatic carbocycles.